The first kappa shape index (κ1) is 15.2. The summed E-state index contributed by atoms with van der Waals surface area (Å²) in [4.78, 5) is 41.6. The molecule has 23 heavy (non-hydrogen) atoms. The van der Waals surface area contributed by atoms with Gasteiger partial charge in [-0.15, -0.1) is 11.3 Å². The molecule has 0 spiro atoms. The van der Waals surface area contributed by atoms with Crippen molar-refractivity contribution in [1.82, 2.24) is 4.98 Å². The Kier molecular flexibility index (Phi) is 4.07. The summed E-state index contributed by atoms with van der Waals surface area (Å²) in [5, 5.41) is 2.69. The number of ether oxygens (including phenoxy) is 1. The van der Waals surface area contributed by atoms with Crippen LogP contribution in [0.4, 0.5) is 11.4 Å². The third kappa shape index (κ3) is 3.07. The molecule has 1 N–H and O–H groups in total. The number of fused-ring (bicyclic) bond motifs is 1. The number of thiazole rings is 1. The number of rotatable bonds is 3. The molecule has 0 saturated carbocycles. The summed E-state index contributed by atoms with van der Waals surface area (Å²) in [5.74, 6) is -1.34. The van der Waals surface area contributed by atoms with Gasteiger partial charge >= 0.3 is 5.97 Å². The highest BCUT2D eigenvalue weighted by Crippen LogP contribution is 2.28. The first-order valence-corrected chi connectivity index (χ1v) is 7.70. The van der Waals surface area contributed by atoms with Crippen LogP contribution in [0.25, 0.3) is 0 Å². The van der Waals surface area contributed by atoms with Crippen molar-refractivity contribution in [2.24, 2.45) is 0 Å². The van der Waals surface area contributed by atoms with Crippen molar-refractivity contribution in [3.8, 4) is 0 Å². The molecule has 0 bridgehead atoms. The van der Waals surface area contributed by atoms with Gasteiger partial charge in [-0.3, -0.25) is 14.5 Å². The summed E-state index contributed by atoms with van der Waals surface area (Å²) in [7, 11) is 0. The van der Waals surface area contributed by atoms with E-state index in [1.165, 1.54) is 4.90 Å². The molecule has 1 aromatic carbocycles. The molecule has 2 aromatic rings. The zero-order valence-electron chi connectivity index (χ0n) is 12.2. The average molecular weight is 331 g/mol. The Balaban J connectivity index is 1.70. The molecule has 0 aliphatic carbocycles. The quantitative estimate of drug-likeness (QED) is 0.863. The number of nitrogens with one attached hydrogen (secondary N) is 1. The molecule has 0 atom stereocenters. The number of benzene rings is 1. The van der Waals surface area contributed by atoms with Gasteiger partial charge in [-0.05, 0) is 19.1 Å². The third-order valence-electron chi connectivity index (χ3n) is 3.33. The standard InChI is InChI=1S/C15H13N3O4S/c1-9-14(23-8-16-9)15(21)22-7-13(20)18-6-12(19)17-10-4-2-3-5-11(10)18/h2-5,8H,6-7H2,1H3,(H,17,19). The van der Waals surface area contributed by atoms with E-state index in [-0.39, 0.29) is 12.5 Å². The Morgan fingerprint density at radius 2 is 2.17 bits per heavy atom. The van der Waals surface area contributed by atoms with Crippen molar-refractivity contribution < 1.29 is 19.1 Å². The fourth-order valence-corrected chi connectivity index (χ4v) is 2.92. The summed E-state index contributed by atoms with van der Waals surface area (Å²) in [5.41, 5.74) is 3.25. The molecule has 118 valence electrons. The molecule has 7 nitrogen and oxygen atoms in total. The van der Waals surface area contributed by atoms with Crippen molar-refractivity contribution in [2.75, 3.05) is 23.4 Å². The number of hydrogen-bond donors (Lipinski definition) is 1. The number of hydrogen-bond acceptors (Lipinski definition) is 6. The van der Waals surface area contributed by atoms with Crippen LogP contribution < -0.4 is 10.2 Å². The van der Waals surface area contributed by atoms with E-state index in [2.05, 4.69) is 10.3 Å². The van der Waals surface area contributed by atoms with E-state index in [1.54, 1.807) is 36.7 Å². The van der Waals surface area contributed by atoms with Gasteiger partial charge < -0.3 is 10.1 Å². The van der Waals surface area contributed by atoms with Crippen LogP contribution >= 0.6 is 11.3 Å². The number of carbonyl (C=O) groups excluding carboxylic acids is 3. The van der Waals surface area contributed by atoms with Gasteiger partial charge in [-0.1, -0.05) is 12.1 Å². The molecule has 1 aromatic heterocycles. The Hall–Kier alpha value is -2.74. The lowest BCUT2D eigenvalue weighted by molar-refractivity contribution is -0.124. The largest absolute Gasteiger partial charge is 0.451 e. The molecule has 1 aliphatic heterocycles. The van der Waals surface area contributed by atoms with E-state index in [0.29, 0.717) is 21.9 Å². The predicted octanol–water partition coefficient (Wildman–Crippen LogP) is 1.59. The lowest BCUT2D eigenvalue weighted by Crippen LogP contribution is -2.44. The zero-order chi connectivity index (χ0) is 16.4. The van der Waals surface area contributed by atoms with Crippen molar-refractivity contribution in [1.29, 1.82) is 0 Å². The molecule has 2 amide bonds. The highest BCUT2D eigenvalue weighted by atomic mass is 32.1. The maximum absolute atomic E-state index is 12.3. The van der Waals surface area contributed by atoms with Crippen LogP contribution in [0.3, 0.4) is 0 Å². The lowest BCUT2D eigenvalue weighted by atomic mass is 10.2. The Morgan fingerprint density at radius 3 is 2.91 bits per heavy atom. The topological polar surface area (TPSA) is 88.6 Å². The smallest absolute Gasteiger partial charge is 0.350 e. The number of para-hydroxylation sites is 2. The first-order chi connectivity index (χ1) is 11.1. The number of aryl methyl sites for hydroxylation is 1. The molecule has 0 radical (unpaired) electrons. The molecule has 8 heteroatoms. The second kappa shape index (κ2) is 6.17. The first-order valence-electron chi connectivity index (χ1n) is 6.82. The predicted molar refractivity (Wildman–Crippen MR) is 84.6 cm³/mol. The maximum atomic E-state index is 12.3. The van der Waals surface area contributed by atoms with Crippen LogP contribution in [-0.2, 0) is 14.3 Å². The van der Waals surface area contributed by atoms with E-state index in [4.69, 9.17) is 4.74 Å². The summed E-state index contributed by atoms with van der Waals surface area (Å²) < 4.78 is 5.04. The Bertz CT molecular complexity index is 787. The summed E-state index contributed by atoms with van der Waals surface area (Å²) in [6.07, 6.45) is 0. The Morgan fingerprint density at radius 1 is 1.39 bits per heavy atom. The SMILES string of the molecule is Cc1ncsc1C(=O)OCC(=O)N1CC(=O)Nc2ccccc21. The van der Waals surface area contributed by atoms with E-state index in [1.807, 2.05) is 0 Å². The number of anilines is 2. The summed E-state index contributed by atoms with van der Waals surface area (Å²) in [6.45, 7) is 1.16. The fraction of sp³-hybridized carbons (Fsp3) is 0.200. The van der Waals surface area contributed by atoms with Crippen LogP contribution in [0.15, 0.2) is 29.8 Å². The maximum Gasteiger partial charge on any atom is 0.350 e. The van der Waals surface area contributed by atoms with Gasteiger partial charge in [-0.25, -0.2) is 9.78 Å². The molecule has 2 heterocycles. The van der Waals surface area contributed by atoms with Crippen LogP contribution in [0.1, 0.15) is 15.4 Å². The fourth-order valence-electron chi connectivity index (χ4n) is 2.22. The minimum atomic E-state index is -0.590. The van der Waals surface area contributed by atoms with Crippen LogP contribution in [0.5, 0.6) is 0 Å². The van der Waals surface area contributed by atoms with Gasteiger partial charge in [0.1, 0.15) is 11.4 Å². The van der Waals surface area contributed by atoms with Gasteiger partial charge in [0, 0.05) is 0 Å². The van der Waals surface area contributed by atoms with Crippen LogP contribution in [-0.4, -0.2) is 35.9 Å². The lowest BCUT2D eigenvalue weighted by Gasteiger charge is -2.28. The van der Waals surface area contributed by atoms with E-state index >= 15 is 0 Å². The van der Waals surface area contributed by atoms with E-state index in [0.717, 1.165) is 11.3 Å². The van der Waals surface area contributed by atoms with E-state index in [9.17, 15) is 14.4 Å². The summed E-state index contributed by atoms with van der Waals surface area (Å²) in [6, 6.07) is 6.96. The minimum absolute atomic E-state index is 0.104. The molecule has 1 aliphatic rings. The molecule has 0 fully saturated rings. The van der Waals surface area contributed by atoms with Crippen molar-refractivity contribution in [3.05, 3.63) is 40.3 Å². The van der Waals surface area contributed by atoms with Crippen molar-refractivity contribution >= 4 is 40.5 Å². The van der Waals surface area contributed by atoms with Gasteiger partial charge in [0.2, 0.25) is 5.91 Å². The molecule has 0 saturated heterocycles. The number of carbonyl (C=O) groups is 3. The number of nitrogens with zero attached hydrogens (tertiary/aromatic N) is 2. The Labute approximate surface area is 135 Å². The molecular weight excluding hydrogens is 318 g/mol. The third-order valence-corrected chi connectivity index (χ3v) is 4.24. The van der Waals surface area contributed by atoms with Crippen LogP contribution in [0, 0.1) is 6.92 Å². The zero-order valence-corrected chi connectivity index (χ0v) is 13.1. The van der Waals surface area contributed by atoms with Gasteiger partial charge in [-0.2, -0.15) is 0 Å². The van der Waals surface area contributed by atoms with Crippen molar-refractivity contribution in [3.63, 3.8) is 0 Å². The normalized spacial score (nSPS) is 13.3. The molecule has 3 rings (SSSR count). The summed E-state index contributed by atoms with van der Waals surface area (Å²) >= 11 is 1.16. The highest BCUT2D eigenvalue weighted by Gasteiger charge is 2.27. The minimum Gasteiger partial charge on any atom is -0.451 e. The number of aromatic nitrogens is 1. The van der Waals surface area contributed by atoms with Gasteiger partial charge in [0.25, 0.3) is 5.91 Å². The second-order valence-electron chi connectivity index (χ2n) is 4.89. The van der Waals surface area contributed by atoms with Crippen molar-refractivity contribution in [2.45, 2.75) is 6.92 Å². The second-order valence-corrected chi connectivity index (χ2v) is 5.74. The van der Waals surface area contributed by atoms with Gasteiger partial charge in [0.05, 0.1) is 22.6 Å². The van der Waals surface area contributed by atoms with E-state index < -0.39 is 18.5 Å². The number of amides is 2. The number of esters is 1. The van der Waals surface area contributed by atoms with Gasteiger partial charge in [0.15, 0.2) is 6.61 Å². The van der Waals surface area contributed by atoms with Crippen LogP contribution in [0.2, 0.25) is 0 Å². The molecule has 0 unspecified atom stereocenters. The highest BCUT2D eigenvalue weighted by molar-refractivity contribution is 7.11. The average Bonchev–Trinajstić information content (AvgIpc) is 2.97. The molecular formula is C15H13N3O4S. The monoisotopic (exact) mass is 331 g/mol.